The van der Waals surface area contributed by atoms with Crippen molar-refractivity contribution in [1.29, 1.82) is 0 Å². The molecule has 3 N–H and O–H groups in total. The highest BCUT2D eigenvalue weighted by atomic mass is 19.1. The molecule has 5 atom stereocenters. The number of amides is 5. The summed E-state index contributed by atoms with van der Waals surface area (Å²) in [7, 11) is 1.99. The van der Waals surface area contributed by atoms with Gasteiger partial charge in [0.05, 0.1) is 12.3 Å². The van der Waals surface area contributed by atoms with Gasteiger partial charge in [0.2, 0.25) is 17.7 Å². The summed E-state index contributed by atoms with van der Waals surface area (Å²) >= 11 is 0. The Balaban J connectivity index is 1.20. The third kappa shape index (κ3) is 8.31. The van der Waals surface area contributed by atoms with Crippen LogP contribution in [-0.4, -0.2) is 114 Å². The van der Waals surface area contributed by atoms with Gasteiger partial charge in [0.15, 0.2) is 5.67 Å². The molecule has 12 nitrogen and oxygen atoms in total. The Morgan fingerprint density at radius 1 is 0.980 bits per heavy atom. The number of halogens is 2. The quantitative estimate of drug-likeness (QED) is 0.284. The van der Waals surface area contributed by atoms with Crippen LogP contribution in [0.2, 0.25) is 0 Å². The minimum Gasteiger partial charge on any atom is -0.450 e. The predicted molar refractivity (Wildman–Crippen MR) is 185 cm³/mol. The molecule has 280 valence electrons. The van der Waals surface area contributed by atoms with Crippen LogP contribution in [0.25, 0.3) is 0 Å². The number of benzene rings is 1. The van der Waals surface area contributed by atoms with E-state index in [0.29, 0.717) is 44.6 Å². The second-order valence-electron chi connectivity index (χ2n) is 15.3. The number of hydrogen-bond acceptors (Lipinski definition) is 7. The lowest BCUT2D eigenvalue weighted by Crippen LogP contribution is -2.59. The monoisotopic (exact) mass is 714 g/mol. The van der Waals surface area contributed by atoms with Crippen LogP contribution >= 0.6 is 0 Å². The zero-order chi connectivity index (χ0) is 36.6. The van der Waals surface area contributed by atoms with E-state index in [-0.39, 0.29) is 54.8 Å². The number of hydrogen-bond donors (Lipinski definition) is 3. The molecule has 2 heterocycles. The number of alkyl halides is 1. The zero-order valence-corrected chi connectivity index (χ0v) is 30.1. The van der Waals surface area contributed by atoms with Crippen LogP contribution in [0.15, 0.2) is 18.2 Å². The second kappa shape index (κ2) is 15.0. The molecule has 3 aliphatic carbocycles. The van der Waals surface area contributed by atoms with Crippen LogP contribution in [0, 0.1) is 23.6 Å². The maximum Gasteiger partial charge on any atom is 0.410 e. The molecular weight excluding hydrogens is 662 g/mol. The number of ether oxygens (including phenoxy) is 1. The summed E-state index contributed by atoms with van der Waals surface area (Å²) in [6, 6.07) is 1.52. The molecular formula is C37H52F2N6O6. The number of carbonyl (C=O) groups is 5. The highest BCUT2D eigenvalue weighted by Crippen LogP contribution is 2.51. The van der Waals surface area contributed by atoms with E-state index < -0.39 is 59.3 Å². The summed E-state index contributed by atoms with van der Waals surface area (Å²) in [6.07, 6.45) is 4.45. The van der Waals surface area contributed by atoms with E-state index in [1.165, 1.54) is 17.0 Å². The summed E-state index contributed by atoms with van der Waals surface area (Å²) in [5, 5.41) is 8.26. The molecule has 0 aromatic heterocycles. The van der Waals surface area contributed by atoms with Crippen molar-refractivity contribution in [2.75, 3.05) is 45.2 Å². The van der Waals surface area contributed by atoms with E-state index in [1.54, 1.807) is 24.8 Å². The van der Waals surface area contributed by atoms with Gasteiger partial charge in [0, 0.05) is 38.1 Å². The van der Waals surface area contributed by atoms with E-state index in [0.717, 1.165) is 25.7 Å². The van der Waals surface area contributed by atoms with E-state index in [1.807, 2.05) is 14.0 Å². The molecule has 0 radical (unpaired) electrons. The first-order chi connectivity index (χ1) is 24.3. The zero-order valence-electron chi connectivity index (χ0n) is 30.1. The number of nitrogens with zero attached hydrogens (tertiary/aromatic N) is 3. The van der Waals surface area contributed by atoms with Crippen molar-refractivity contribution in [3.05, 3.63) is 29.6 Å². The van der Waals surface area contributed by atoms with Crippen LogP contribution in [-0.2, 0) is 23.9 Å². The van der Waals surface area contributed by atoms with Crippen molar-refractivity contribution in [2.24, 2.45) is 17.8 Å². The molecule has 5 amide bonds. The van der Waals surface area contributed by atoms with Gasteiger partial charge in [-0.25, -0.2) is 13.6 Å². The maximum absolute atomic E-state index is 15.9. The highest BCUT2D eigenvalue weighted by molar-refractivity contribution is 5.99. The third-order valence-corrected chi connectivity index (χ3v) is 11.6. The summed E-state index contributed by atoms with van der Waals surface area (Å²) in [6.45, 7) is 7.54. The van der Waals surface area contributed by atoms with Crippen LogP contribution in [0.3, 0.4) is 0 Å². The first kappa shape index (κ1) is 37.0. The molecule has 3 saturated carbocycles. The fourth-order valence-electron chi connectivity index (χ4n) is 7.71. The SMILES string of the molecule is CCOC(=O)N1CCC[C@H]1C(=O)N[C@@H](C(=O)N1CCN(C)[C@H](C)C1)[C@@H](C)c1ccc(NC(=O)[C@@H](NC(=O)C2(F)CC2)C(C2CC2)C2CC2)c(F)c1. The summed E-state index contributed by atoms with van der Waals surface area (Å²) < 4.78 is 35.7. The van der Waals surface area contributed by atoms with Gasteiger partial charge in [-0.2, -0.15) is 0 Å². The molecule has 6 rings (SSSR count). The molecule has 51 heavy (non-hydrogen) atoms. The standard InChI is InChI=1S/C37H52F2N6O6/c1-5-51-36(50)45-16-6-7-28(45)32(46)41-30(34(48)44-18-17-43(4)21(2)20-44)22(3)25-12-13-27(26(38)19-25)40-33(47)31(42-35(49)37(39)14-15-37)29(23-8-9-23)24-10-11-24/h12-13,19,21-24,28-31H,5-11,14-18,20H2,1-4H3,(H,40,47)(H,41,46)(H,42,49)/t21-,22+,28+,30-,31+/m1/s1. The molecule has 1 aromatic rings. The van der Waals surface area contributed by atoms with Gasteiger partial charge in [0.25, 0.3) is 5.91 Å². The van der Waals surface area contributed by atoms with E-state index in [2.05, 4.69) is 20.9 Å². The predicted octanol–water partition coefficient (Wildman–Crippen LogP) is 3.56. The van der Waals surface area contributed by atoms with Gasteiger partial charge in [-0.15, -0.1) is 0 Å². The molecule has 2 saturated heterocycles. The highest BCUT2D eigenvalue weighted by Gasteiger charge is 2.54. The Bertz CT molecular complexity index is 1500. The van der Waals surface area contributed by atoms with Crippen LogP contribution in [0.5, 0.6) is 0 Å². The first-order valence-electron chi connectivity index (χ1n) is 18.6. The molecule has 5 aliphatic rings. The number of likely N-dealkylation sites (N-methyl/N-ethyl adjacent to an activating group) is 1. The fourth-order valence-corrected chi connectivity index (χ4v) is 7.71. The number of likely N-dealkylation sites (tertiary alicyclic amines) is 1. The summed E-state index contributed by atoms with van der Waals surface area (Å²) in [5.74, 6) is -3.19. The van der Waals surface area contributed by atoms with Crippen molar-refractivity contribution in [2.45, 2.75) is 108 Å². The molecule has 0 unspecified atom stereocenters. The topological polar surface area (TPSA) is 140 Å². The summed E-state index contributed by atoms with van der Waals surface area (Å²) in [5.41, 5.74) is -1.62. The van der Waals surface area contributed by atoms with Crippen LogP contribution in [0.1, 0.15) is 83.6 Å². The Morgan fingerprint density at radius 3 is 2.25 bits per heavy atom. The second-order valence-corrected chi connectivity index (χ2v) is 15.3. The van der Waals surface area contributed by atoms with Gasteiger partial charge in [0.1, 0.15) is 23.9 Å². The van der Waals surface area contributed by atoms with Crippen LogP contribution in [0.4, 0.5) is 19.3 Å². The number of rotatable bonds is 13. The first-order valence-corrected chi connectivity index (χ1v) is 18.6. The maximum atomic E-state index is 15.9. The average molecular weight is 715 g/mol. The molecule has 0 spiro atoms. The number of nitrogens with one attached hydrogen (secondary N) is 3. The lowest BCUT2D eigenvalue weighted by atomic mass is 9.88. The van der Waals surface area contributed by atoms with Gasteiger partial charge in [-0.3, -0.25) is 24.1 Å². The Morgan fingerprint density at radius 2 is 1.67 bits per heavy atom. The minimum absolute atomic E-state index is 0.0941. The van der Waals surface area contributed by atoms with E-state index >= 15 is 4.39 Å². The number of carbonyl (C=O) groups excluding carboxylic acids is 5. The Kier molecular flexibility index (Phi) is 10.9. The smallest absolute Gasteiger partial charge is 0.410 e. The molecule has 5 fully saturated rings. The van der Waals surface area contributed by atoms with Gasteiger partial charge in [-0.05, 0) is 108 Å². The van der Waals surface area contributed by atoms with Crippen molar-refractivity contribution in [3.63, 3.8) is 0 Å². The normalized spacial score (nSPS) is 24.8. The molecule has 14 heteroatoms. The van der Waals surface area contributed by atoms with Gasteiger partial charge >= 0.3 is 6.09 Å². The lowest BCUT2D eigenvalue weighted by Gasteiger charge is -2.40. The number of anilines is 1. The van der Waals surface area contributed by atoms with Crippen molar-refractivity contribution < 1.29 is 37.5 Å². The molecule has 2 aliphatic heterocycles. The Labute approximate surface area is 298 Å². The molecule has 1 aromatic carbocycles. The minimum atomic E-state index is -1.94. The van der Waals surface area contributed by atoms with Gasteiger partial charge in [-0.1, -0.05) is 13.0 Å². The Hall–Kier alpha value is -3.81. The lowest BCUT2D eigenvalue weighted by molar-refractivity contribution is -0.140. The third-order valence-electron chi connectivity index (χ3n) is 11.6. The van der Waals surface area contributed by atoms with E-state index in [4.69, 9.17) is 4.74 Å². The fraction of sp³-hybridized carbons (Fsp3) is 0.703. The average Bonchev–Trinajstić information content (AvgIpc) is 4.03. The van der Waals surface area contributed by atoms with Crippen molar-refractivity contribution in [1.82, 2.24) is 25.3 Å². The molecule has 0 bridgehead atoms. The van der Waals surface area contributed by atoms with Crippen LogP contribution < -0.4 is 16.0 Å². The van der Waals surface area contributed by atoms with Crippen molar-refractivity contribution >= 4 is 35.4 Å². The van der Waals surface area contributed by atoms with Crippen molar-refractivity contribution in [3.8, 4) is 0 Å². The largest absolute Gasteiger partial charge is 0.450 e. The van der Waals surface area contributed by atoms with E-state index in [9.17, 15) is 28.4 Å². The summed E-state index contributed by atoms with van der Waals surface area (Å²) in [4.78, 5) is 72.1. The van der Waals surface area contributed by atoms with Gasteiger partial charge < -0.3 is 30.5 Å². The number of piperazine rings is 1.